The summed E-state index contributed by atoms with van der Waals surface area (Å²) in [4.78, 5) is 0. The Morgan fingerprint density at radius 1 is 1.00 bits per heavy atom. The first kappa shape index (κ1) is 11.6. The number of benzene rings is 2. The van der Waals surface area contributed by atoms with Gasteiger partial charge in [-0.15, -0.1) is 0 Å². The number of rotatable bonds is 3. The Morgan fingerprint density at radius 2 is 1.83 bits per heavy atom. The molecule has 1 heterocycles. The Balaban J connectivity index is 1.79. The van der Waals surface area contributed by atoms with Crippen LogP contribution in [0.15, 0.2) is 59.0 Å². The number of hydrogen-bond acceptors (Lipinski definition) is 2. The van der Waals surface area contributed by atoms with Crippen LogP contribution in [0.4, 0.5) is 0 Å². The molecule has 0 saturated heterocycles. The number of ether oxygens (including phenoxy) is 1. The average Bonchev–Trinajstić information content (AvgIpc) is 2.79. The molecule has 2 nitrogen and oxygen atoms in total. The molecule has 3 rings (SSSR count). The van der Waals surface area contributed by atoms with E-state index >= 15 is 0 Å². The topological polar surface area (TPSA) is 22.4 Å². The van der Waals surface area contributed by atoms with Crippen molar-refractivity contribution in [3.63, 3.8) is 0 Å². The minimum absolute atomic E-state index is 0.454. The Bertz CT molecular complexity index is 659. The molecular formula is C15H11IO2. The van der Waals surface area contributed by atoms with Crippen molar-refractivity contribution >= 4 is 33.6 Å². The third-order valence-electron chi connectivity index (χ3n) is 2.65. The highest BCUT2D eigenvalue weighted by atomic mass is 127. The highest BCUT2D eigenvalue weighted by Crippen LogP contribution is 2.22. The maximum Gasteiger partial charge on any atom is 0.146 e. The van der Waals surface area contributed by atoms with Crippen molar-refractivity contribution in [2.45, 2.75) is 6.61 Å². The molecule has 90 valence electrons. The van der Waals surface area contributed by atoms with E-state index in [-0.39, 0.29) is 0 Å². The molecule has 2 aromatic carbocycles. The summed E-state index contributed by atoms with van der Waals surface area (Å²) in [7, 11) is 0. The molecule has 0 radical (unpaired) electrons. The molecule has 0 atom stereocenters. The monoisotopic (exact) mass is 350 g/mol. The van der Waals surface area contributed by atoms with E-state index in [0.717, 1.165) is 22.5 Å². The van der Waals surface area contributed by atoms with Crippen molar-refractivity contribution in [3.05, 3.63) is 63.9 Å². The third-order valence-corrected chi connectivity index (χ3v) is 3.32. The summed E-state index contributed by atoms with van der Waals surface area (Å²) in [5.41, 5.74) is 0.905. The number of furan rings is 1. The molecule has 0 spiro atoms. The first-order valence-corrected chi connectivity index (χ1v) is 6.75. The van der Waals surface area contributed by atoms with Crippen LogP contribution in [-0.2, 0) is 6.61 Å². The fourth-order valence-corrected chi connectivity index (χ4v) is 2.33. The lowest BCUT2D eigenvalue weighted by atomic mass is 10.2. The van der Waals surface area contributed by atoms with Crippen molar-refractivity contribution in [3.8, 4) is 5.75 Å². The second-order valence-electron chi connectivity index (χ2n) is 4.00. The molecule has 0 aliphatic carbocycles. The van der Waals surface area contributed by atoms with Gasteiger partial charge in [-0.1, -0.05) is 18.2 Å². The van der Waals surface area contributed by atoms with E-state index in [4.69, 9.17) is 9.15 Å². The minimum Gasteiger partial charge on any atom is -0.486 e. The Labute approximate surface area is 119 Å². The molecule has 0 saturated carbocycles. The van der Waals surface area contributed by atoms with Gasteiger partial charge in [-0.3, -0.25) is 0 Å². The molecule has 1 aromatic heterocycles. The van der Waals surface area contributed by atoms with Gasteiger partial charge >= 0.3 is 0 Å². The maximum atomic E-state index is 5.72. The summed E-state index contributed by atoms with van der Waals surface area (Å²) in [6.45, 7) is 0.454. The highest BCUT2D eigenvalue weighted by Gasteiger charge is 2.04. The molecule has 3 aromatic rings. The van der Waals surface area contributed by atoms with Gasteiger partial charge < -0.3 is 9.15 Å². The van der Waals surface area contributed by atoms with Crippen molar-refractivity contribution in [1.82, 2.24) is 0 Å². The summed E-state index contributed by atoms with van der Waals surface area (Å²) >= 11 is 2.29. The van der Waals surface area contributed by atoms with Crippen LogP contribution in [-0.4, -0.2) is 0 Å². The SMILES string of the molecule is Ic1ccc2oc(COc3ccccc3)cc2c1. The van der Waals surface area contributed by atoms with Gasteiger partial charge in [0.15, 0.2) is 0 Å². The molecule has 0 fully saturated rings. The second kappa shape index (κ2) is 5.02. The normalized spacial score (nSPS) is 10.7. The summed E-state index contributed by atoms with van der Waals surface area (Å²) < 4.78 is 12.6. The minimum atomic E-state index is 0.454. The molecular weight excluding hydrogens is 339 g/mol. The van der Waals surface area contributed by atoms with Crippen molar-refractivity contribution < 1.29 is 9.15 Å². The zero-order chi connectivity index (χ0) is 12.4. The first-order valence-electron chi connectivity index (χ1n) is 5.67. The van der Waals surface area contributed by atoms with Gasteiger partial charge in [-0.05, 0) is 59.0 Å². The molecule has 3 heteroatoms. The summed E-state index contributed by atoms with van der Waals surface area (Å²) in [6, 6.07) is 17.9. The standard InChI is InChI=1S/C15H11IO2/c16-12-6-7-15-11(8-12)9-14(18-15)10-17-13-4-2-1-3-5-13/h1-9H,10H2. The zero-order valence-electron chi connectivity index (χ0n) is 9.60. The van der Waals surface area contributed by atoms with Gasteiger partial charge in [0.05, 0.1) is 0 Å². The predicted octanol–water partition coefficient (Wildman–Crippen LogP) is 4.62. The molecule has 0 bridgehead atoms. The lowest BCUT2D eigenvalue weighted by Gasteiger charge is -2.02. The van der Waals surface area contributed by atoms with Gasteiger partial charge in [-0.25, -0.2) is 0 Å². The van der Waals surface area contributed by atoms with Gasteiger partial charge in [0.1, 0.15) is 23.7 Å². The van der Waals surface area contributed by atoms with E-state index in [1.165, 1.54) is 3.57 Å². The van der Waals surface area contributed by atoms with Crippen LogP contribution in [0.3, 0.4) is 0 Å². The van der Waals surface area contributed by atoms with Crippen LogP contribution in [0.25, 0.3) is 11.0 Å². The number of fused-ring (bicyclic) bond motifs is 1. The second-order valence-corrected chi connectivity index (χ2v) is 5.24. The van der Waals surface area contributed by atoms with E-state index in [2.05, 4.69) is 28.7 Å². The molecule has 0 unspecified atom stereocenters. The quantitative estimate of drug-likeness (QED) is 0.644. The van der Waals surface area contributed by atoms with Crippen molar-refractivity contribution in [2.24, 2.45) is 0 Å². The van der Waals surface area contributed by atoms with E-state index in [0.29, 0.717) is 6.61 Å². The largest absolute Gasteiger partial charge is 0.486 e. The lowest BCUT2D eigenvalue weighted by molar-refractivity contribution is 0.274. The van der Waals surface area contributed by atoms with Crippen LogP contribution < -0.4 is 4.74 Å². The number of hydrogen-bond donors (Lipinski definition) is 0. The van der Waals surface area contributed by atoms with Crippen molar-refractivity contribution in [2.75, 3.05) is 0 Å². The average molecular weight is 350 g/mol. The fourth-order valence-electron chi connectivity index (χ4n) is 1.81. The lowest BCUT2D eigenvalue weighted by Crippen LogP contribution is -1.92. The zero-order valence-corrected chi connectivity index (χ0v) is 11.8. The molecule has 0 amide bonds. The highest BCUT2D eigenvalue weighted by molar-refractivity contribution is 14.1. The summed E-state index contributed by atoms with van der Waals surface area (Å²) in [5.74, 6) is 1.70. The summed E-state index contributed by atoms with van der Waals surface area (Å²) in [6.07, 6.45) is 0. The van der Waals surface area contributed by atoms with E-state index in [9.17, 15) is 0 Å². The van der Waals surface area contributed by atoms with Crippen LogP contribution in [0.1, 0.15) is 5.76 Å². The van der Waals surface area contributed by atoms with Gasteiger partial charge in [0, 0.05) is 8.96 Å². The third kappa shape index (κ3) is 2.51. The van der Waals surface area contributed by atoms with Gasteiger partial charge in [-0.2, -0.15) is 0 Å². The predicted molar refractivity (Wildman–Crippen MR) is 79.7 cm³/mol. The van der Waals surface area contributed by atoms with Gasteiger partial charge in [0.25, 0.3) is 0 Å². The Hall–Kier alpha value is -1.49. The van der Waals surface area contributed by atoms with Gasteiger partial charge in [0.2, 0.25) is 0 Å². The fraction of sp³-hybridized carbons (Fsp3) is 0.0667. The number of halogens is 1. The Morgan fingerprint density at radius 3 is 2.67 bits per heavy atom. The van der Waals surface area contributed by atoms with Crippen LogP contribution in [0.5, 0.6) is 5.75 Å². The maximum absolute atomic E-state index is 5.72. The molecule has 0 aliphatic heterocycles. The smallest absolute Gasteiger partial charge is 0.146 e. The van der Waals surface area contributed by atoms with E-state index < -0.39 is 0 Å². The Kier molecular flexibility index (Phi) is 3.23. The van der Waals surface area contributed by atoms with Crippen LogP contribution in [0, 0.1) is 3.57 Å². The number of para-hydroxylation sites is 1. The summed E-state index contributed by atoms with van der Waals surface area (Å²) in [5, 5.41) is 1.12. The molecule has 0 aliphatic rings. The first-order chi connectivity index (χ1) is 8.81. The van der Waals surface area contributed by atoms with Crippen LogP contribution in [0.2, 0.25) is 0 Å². The van der Waals surface area contributed by atoms with E-state index in [1.54, 1.807) is 0 Å². The molecule has 18 heavy (non-hydrogen) atoms. The van der Waals surface area contributed by atoms with E-state index in [1.807, 2.05) is 48.5 Å². The molecule has 0 N–H and O–H groups in total. The van der Waals surface area contributed by atoms with Crippen molar-refractivity contribution in [1.29, 1.82) is 0 Å². The van der Waals surface area contributed by atoms with Crippen LogP contribution >= 0.6 is 22.6 Å².